The summed E-state index contributed by atoms with van der Waals surface area (Å²) in [6.45, 7) is 0.434. The van der Waals surface area contributed by atoms with E-state index in [9.17, 15) is 14.4 Å². The third kappa shape index (κ3) is 3.40. The van der Waals surface area contributed by atoms with Gasteiger partial charge in [0.15, 0.2) is 5.82 Å². The average molecular weight is 379 g/mol. The van der Waals surface area contributed by atoms with Crippen molar-refractivity contribution < 1.29 is 4.79 Å². The minimum atomic E-state index is -0.459. The smallest absolute Gasteiger partial charge is 0.346 e. The molecule has 1 saturated carbocycles. The summed E-state index contributed by atoms with van der Waals surface area (Å²) in [4.78, 5) is 37.1. The lowest BCUT2D eigenvalue weighted by atomic mass is 10.2. The van der Waals surface area contributed by atoms with Crippen molar-refractivity contribution in [2.24, 2.45) is 7.05 Å². The molecule has 0 bridgehead atoms. The van der Waals surface area contributed by atoms with Crippen LogP contribution in [-0.2, 0) is 13.6 Å². The van der Waals surface area contributed by atoms with Gasteiger partial charge in [-0.3, -0.25) is 14.2 Å². The molecule has 0 saturated heterocycles. The molecule has 0 unspecified atom stereocenters. The maximum atomic E-state index is 12.8. The lowest BCUT2D eigenvalue weighted by Gasteiger charge is -2.05. The van der Waals surface area contributed by atoms with E-state index in [4.69, 9.17) is 0 Å². The molecule has 2 heterocycles. The summed E-state index contributed by atoms with van der Waals surface area (Å²) >= 11 is 0. The molecule has 1 aliphatic carbocycles. The average Bonchev–Trinajstić information content (AvgIpc) is 3.48. The van der Waals surface area contributed by atoms with Crippen LogP contribution in [-0.4, -0.2) is 31.4 Å². The van der Waals surface area contributed by atoms with E-state index in [0.717, 1.165) is 18.4 Å². The first-order valence-electron chi connectivity index (χ1n) is 9.25. The van der Waals surface area contributed by atoms with E-state index in [0.29, 0.717) is 5.82 Å². The molecule has 8 nitrogen and oxygen atoms in total. The number of carbonyl (C=O) groups is 1. The van der Waals surface area contributed by atoms with E-state index in [2.05, 4.69) is 10.4 Å². The van der Waals surface area contributed by atoms with Gasteiger partial charge in [-0.2, -0.15) is 0 Å². The third-order valence-electron chi connectivity index (χ3n) is 4.79. The van der Waals surface area contributed by atoms with Gasteiger partial charge in [0.2, 0.25) is 0 Å². The Morgan fingerprint density at radius 1 is 1.14 bits per heavy atom. The molecular formula is C20H21N5O3. The van der Waals surface area contributed by atoms with Crippen LogP contribution in [0, 0.1) is 0 Å². The van der Waals surface area contributed by atoms with Gasteiger partial charge >= 0.3 is 5.69 Å². The summed E-state index contributed by atoms with van der Waals surface area (Å²) in [5, 5.41) is 7.19. The lowest BCUT2D eigenvalue weighted by molar-refractivity contribution is 0.0949. The number of benzene rings is 1. The lowest BCUT2D eigenvalue weighted by Crippen LogP contribution is -2.35. The Morgan fingerprint density at radius 3 is 2.61 bits per heavy atom. The van der Waals surface area contributed by atoms with Gasteiger partial charge in [-0.25, -0.2) is 9.48 Å². The third-order valence-corrected chi connectivity index (χ3v) is 4.79. The predicted molar refractivity (Wildman–Crippen MR) is 104 cm³/mol. The van der Waals surface area contributed by atoms with Crippen LogP contribution in [0.4, 0.5) is 0 Å². The van der Waals surface area contributed by atoms with Crippen LogP contribution in [0.5, 0.6) is 0 Å². The number of aromatic nitrogens is 4. The fraction of sp³-hybridized carbons (Fsp3) is 0.300. The minimum absolute atomic E-state index is 0.0748. The molecule has 4 rings (SSSR count). The molecule has 0 aliphatic heterocycles. The van der Waals surface area contributed by atoms with E-state index in [-0.39, 0.29) is 35.9 Å². The number of nitrogens with one attached hydrogen (secondary N) is 1. The molecule has 1 N–H and O–H groups in total. The quantitative estimate of drug-likeness (QED) is 0.696. The molecule has 1 amide bonds. The number of hydrogen-bond acceptors (Lipinski definition) is 4. The van der Waals surface area contributed by atoms with Crippen molar-refractivity contribution in [2.45, 2.75) is 25.4 Å². The first-order chi connectivity index (χ1) is 13.6. The highest BCUT2D eigenvalue weighted by Gasteiger charge is 2.30. The molecule has 28 heavy (non-hydrogen) atoms. The van der Waals surface area contributed by atoms with Crippen LogP contribution < -0.4 is 16.6 Å². The Morgan fingerprint density at radius 2 is 1.89 bits per heavy atom. The van der Waals surface area contributed by atoms with E-state index in [1.54, 1.807) is 23.9 Å². The maximum absolute atomic E-state index is 12.8. The summed E-state index contributed by atoms with van der Waals surface area (Å²) in [7, 11) is 1.59. The zero-order valence-corrected chi connectivity index (χ0v) is 15.5. The summed E-state index contributed by atoms with van der Waals surface area (Å²) in [6.07, 6.45) is 3.53. The maximum Gasteiger partial charge on any atom is 0.346 e. The monoisotopic (exact) mass is 379 g/mol. The standard InChI is InChI=1S/C20H21N5O3/c1-23-12-5-8-16(19(23)27)18(26)21-11-13-24-20(28)25(15-9-10-15)17(22-24)14-6-3-2-4-7-14/h2-8,12,15H,9-11,13H2,1H3,(H,21,26). The molecule has 1 aliphatic rings. The fourth-order valence-corrected chi connectivity index (χ4v) is 3.15. The molecule has 2 aromatic heterocycles. The normalized spacial score (nSPS) is 13.5. The van der Waals surface area contributed by atoms with E-state index < -0.39 is 5.91 Å². The number of aryl methyl sites for hydroxylation is 1. The number of hydrogen-bond donors (Lipinski definition) is 1. The second-order valence-corrected chi connectivity index (χ2v) is 6.89. The highest BCUT2D eigenvalue weighted by Crippen LogP contribution is 2.36. The molecule has 8 heteroatoms. The topological polar surface area (TPSA) is 90.9 Å². The van der Waals surface area contributed by atoms with Gasteiger partial charge < -0.3 is 9.88 Å². The molecule has 3 aromatic rings. The van der Waals surface area contributed by atoms with Gasteiger partial charge in [-0.05, 0) is 25.0 Å². The summed E-state index contributed by atoms with van der Waals surface area (Å²) in [5.74, 6) is 0.190. The van der Waals surface area contributed by atoms with Crippen molar-refractivity contribution in [3.8, 4) is 11.4 Å². The largest absolute Gasteiger partial charge is 0.350 e. The van der Waals surface area contributed by atoms with Crippen molar-refractivity contribution in [3.05, 3.63) is 75.1 Å². The van der Waals surface area contributed by atoms with Gasteiger partial charge in [0.25, 0.3) is 11.5 Å². The van der Waals surface area contributed by atoms with Crippen molar-refractivity contribution in [1.82, 2.24) is 24.2 Å². The summed E-state index contributed by atoms with van der Waals surface area (Å²) in [5.41, 5.74) is 0.431. The van der Waals surface area contributed by atoms with E-state index in [1.807, 2.05) is 30.3 Å². The van der Waals surface area contributed by atoms with Gasteiger partial charge in [-0.15, -0.1) is 5.10 Å². The first-order valence-corrected chi connectivity index (χ1v) is 9.25. The van der Waals surface area contributed by atoms with Crippen molar-refractivity contribution in [2.75, 3.05) is 6.54 Å². The van der Waals surface area contributed by atoms with Crippen LogP contribution in [0.1, 0.15) is 29.2 Å². The van der Waals surface area contributed by atoms with Gasteiger partial charge in [0, 0.05) is 31.4 Å². The number of nitrogens with zero attached hydrogens (tertiary/aromatic N) is 4. The second-order valence-electron chi connectivity index (χ2n) is 6.89. The first kappa shape index (κ1) is 18.0. The summed E-state index contributed by atoms with van der Waals surface area (Å²) in [6, 6.07) is 12.9. The number of amides is 1. The molecule has 0 radical (unpaired) electrons. The van der Waals surface area contributed by atoms with Crippen molar-refractivity contribution >= 4 is 5.91 Å². The molecule has 1 aromatic carbocycles. The van der Waals surface area contributed by atoms with Crippen molar-refractivity contribution in [3.63, 3.8) is 0 Å². The highest BCUT2D eigenvalue weighted by atomic mass is 16.2. The Hall–Kier alpha value is -3.42. The zero-order chi connectivity index (χ0) is 19.7. The molecule has 0 spiro atoms. The fourth-order valence-electron chi connectivity index (χ4n) is 3.15. The van der Waals surface area contributed by atoms with Crippen LogP contribution in [0.2, 0.25) is 0 Å². The van der Waals surface area contributed by atoms with Crippen LogP contribution in [0.3, 0.4) is 0 Å². The SMILES string of the molecule is Cn1cccc(C(=O)NCCn2nc(-c3ccccc3)n(C3CC3)c2=O)c1=O. The number of rotatable bonds is 6. The number of pyridine rings is 1. The molecule has 0 atom stereocenters. The Labute approximate surface area is 161 Å². The Bertz CT molecular complexity index is 1120. The molecule has 1 fully saturated rings. The zero-order valence-electron chi connectivity index (χ0n) is 15.5. The molecular weight excluding hydrogens is 358 g/mol. The van der Waals surface area contributed by atoms with Gasteiger partial charge in [0.05, 0.1) is 6.54 Å². The summed E-state index contributed by atoms with van der Waals surface area (Å²) < 4.78 is 4.47. The Balaban J connectivity index is 1.51. The minimum Gasteiger partial charge on any atom is -0.350 e. The Kier molecular flexibility index (Phi) is 4.68. The van der Waals surface area contributed by atoms with E-state index >= 15 is 0 Å². The predicted octanol–water partition coefficient (Wildman–Crippen LogP) is 1.18. The van der Waals surface area contributed by atoms with Gasteiger partial charge in [-0.1, -0.05) is 30.3 Å². The second kappa shape index (κ2) is 7.30. The highest BCUT2D eigenvalue weighted by molar-refractivity contribution is 5.93. The van der Waals surface area contributed by atoms with Crippen LogP contribution in [0.15, 0.2) is 58.3 Å². The van der Waals surface area contributed by atoms with Gasteiger partial charge in [0.1, 0.15) is 5.56 Å². The van der Waals surface area contributed by atoms with Crippen LogP contribution >= 0.6 is 0 Å². The molecule has 144 valence electrons. The number of carbonyl (C=O) groups excluding carboxylic acids is 1. The van der Waals surface area contributed by atoms with Crippen molar-refractivity contribution in [1.29, 1.82) is 0 Å². The van der Waals surface area contributed by atoms with E-state index in [1.165, 1.54) is 15.3 Å². The van der Waals surface area contributed by atoms with Crippen LogP contribution in [0.25, 0.3) is 11.4 Å².